The Bertz CT molecular complexity index is 1410. The molecule has 2 fully saturated rings. The van der Waals surface area contributed by atoms with Crippen molar-refractivity contribution in [3.8, 4) is 11.8 Å². The summed E-state index contributed by atoms with van der Waals surface area (Å²) < 4.78 is 46.8. The Kier molecular flexibility index (Phi) is 9.40. The van der Waals surface area contributed by atoms with Crippen molar-refractivity contribution in [2.45, 2.75) is 45.5 Å². The number of carboxylic acids is 1. The number of thiocarbonyl (C=S) groups is 1. The predicted molar refractivity (Wildman–Crippen MR) is 155 cm³/mol. The van der Waals surface area contributed by atoms with E-state index in [-0.39, 0.29) is 23.4 Å². The monoisotopic (exact) mass is 603 g/mol. The number of benzene rings is 2. The van der Waals surface area contributed by atoms with Crippen LogP contribution in [0.3, 0.4) is 0 Å². The zero-order valence-corrected chi connectivity index (χ0v) is 24.3. The van der Waals surface area contributed by atoms with E-state index >= 15 is 0 Å². The first kappa shape index (κ1) is 31.2. The van der Waals surface area contributed by atoms with E-state index in [4.69, 9.17) is 27.3 Å². The molecule has 9 nitrogen and oxygen atoms in total. The normalized spacial score (nSPS) is 20.2. The minimum Gasteiger partial charge on any atom is -0.492 e. The van der Waals surface area contributed by atoms with Gasteiger partial charge in [-0.15, -0.1) is 0 Å². The molecule has 13 heteroatoms. The highest BCUT2D eigenvalue weighted by Crippen LogP contribution is 2.37. The summed E-state index contributed by atoms with van der Waals surface area (Å²) in [5.74, 6) is -0.629. The predicted octanol–water partition coefficient (Wildman–Crippen LogP) is 4.14. The lowest BCUT2D eigenvalue weighted by atomic mass is 10.1. The highest BCUT2D eigenvalue weighted by molar-refractivity contribution is 7.81. The zero-order valence-electron chi connectivity index (χ0n) is 23.5. The number of nitrogens with zero attached hydrogens (tertiary/aromatic N) is 5. The molecular formula is C29H32F3N5O4S. The maximum atomic E-state index is 13.6. The van der Waals surface area contributed by atoms with Gasteiger partial charge in [0, 0.05) is 37.9 Å². The SMILES string of the molecule is CCc1cc(N2C(=S)N(c3ccc(C#N)c(C(F)(F)F)c3)C(=O)C2C)ccc1OCCN1CCN(CC(=O)O)C(C)C1. The number of piperazine rings is 1. The molecule has 2 aliphatic rings. The second-order valence-electron chi connectivity index (χ2n) is 10.3. The standard InChI is InChI=1S/C29H32F3N5O4S/c1-4-20-13-22(7-8-25(20)41-12-11-34-9-10-35(17-26(38)39)18(2)16-34)36-19(3)27(40)37(28(36)42)23-6-5-21(15-33)24(14-23)29(30,31)32/h5-8,13-14,18-19H,4,9-12,16-17H2,1-3H3,(H,38,39). The molecule has 1 N–H and O–H groups in total. The van der Waals surface area contributed by atoms with Crippen LogP contribution >= 0.6 is 12.2 Å². The van der Waals surface area contributed by atoms with Crippen molar-refractivity contribution in [3.63, 3.8) is 0 Å². The third kappa shape index (κ3) is 6.51. The van der Waals surface area contributed by atoms with Crippen molar-refractivity contribution in [3.05, 3.63) is 53.1 Å². The average Bonchev–Trinajstić information content (AvgIpc) is 3.16. The smallest absolute Gasteiger partial charge is 0.417 e. The number of nitriles is 1. The third-order valence-corrected chi connectivity index (χ3v) is 7.98. The van der Waals surface area contributed by atoms with Crippen LogP contribution < -0.4 is 14.5 Å². The largest absolute Gasteiger partial charge is 0.492 e. The number of carbonyl (C=O) groups excluding carboxylic acids is 1. The van der Waals surface area contributed by atoms with E-state index in [0.717, 1.165) is 35.7 Å². The van der Waals surface area contributed by atoms with E-state index in [1.165, 1.54) is 6.07 Å². The molecule has 2 atom stereocenters. The van der Waals surface area contributed by atoms with E-state index in [2.05, 4.69) is 4.90 Å². The van der Waals surface area contributed by atoms with Crippen LogP contribution in [0.4, 0.5) is 24.5 Å². The van der Waals surface area contributed by atoms with Gasteiger partial charge in [-0.05, 0) is 74.4 Å². The lowest BCUT2D eigenvalue weighted by Crippen LogP contribution is -2.53. The molecule has 2 aromatic carbocycles. The fraction of sp³-hybridized carbons (Fsp3) is 0.448. The molecule has 2 aromatic rings. The lowest BCUT2D eigenvalue weighted by molar-refractivity contribution is -0.139. The number of rotatable bonds is 9. The van der Waals surface area contributed by atoms with Crippen LogP contribution in [0.15, 0.2) is 36.4 Å². The van der Waals surface area contributed by atoms with E-state index in [9.17, 15) is 22.8 Å². The van der Waals surface area contributed by atoms with E-state index in [0.29, 0.717) is 37.6 Å². The van der Waals surface area contributed by atoms with Gasteiger partial charge in [-0.2, -0.15) is 18.4 Å². The maximum absolute atomic E-state index is 13.6. The Hall–Kier alpha value is -3.73. The third-order valence-electron chi connectivity index (χ3n) is 7.61. The highest BCUT2D eigenvalue weighted by Gasteiger charge is 2.43. The molecule has 2 aliphatic heterocycles. The Balaban J connectivity index is 1.46. The average molecular weight is 604 g/mol. The minimum absolute atomic E-state index is 0.0300. The second kappa shape index (κ2) is 12.6. The first-order chi connectivity index (χ1) is 19.8. The lowest BCUT2D eigenvalue weighted by Gasteiger charge is -2.38. The van der Waals surface area contributed by atoms with Crippen LogP contribution in [0, 0.1) is 11.3 Å². The number of aryl methyl sites for hydroxylation is 1. The molecule has 0 bridgehead atoms. The van der Waals surface area contributed by atoms with Crippen LogP contribution in [-0.4, -0.2) is 83.3 Å². The molecule has 0 saturated carbocycles. The fourth-order valence-electron chi connectivity index (χ4n) is 5.34. The van der Waals surface area contributed by atoms with Crippen molar-refractivity contribution in [1.82, 2.24) is 9.80 Å². The van der Waals surface area contributed by atoms with Crippen LogP contribution in [-0.2, 0) is 22.2 Å². The molecule has 2 heterocycles. The van der Waals surface area contributed by atoms with Gasteiger partial charge in [0.25, 0.3) is 5.91 Å². The van der Waals surface area contributed by atoms with Crippen molar-refractivity contribution < 1.29 is 32.6 Å². The number of hydrogen-bond donors (Lipinski definition) is 1. The minimum atomic E-state index is -4.77. The molecule has 2 unspecified atom stereocenters. The summed E-state index contributed by atoms with van der Waals surface area (Å²) in [5, 5.41) is 18.2. The number of aliphatic carboxylic acids is 1. The first-order valence-electron chi connectivity index (χ1n) is 13.6. The van der Waals surface area contributed by atoms with Gasteiger partial charge < -0.3 is 14.7 Å². The zero-order chi connectivity index (χ0) is 30.8. The maximum Gasteiger partial charge on any atom is 0.417 e. The Morgan fingerprint density at radius 3 is 2.50 bits per heavy atom. The van der Waals surface area contributed by atoms with Crippen molar-refractivity contribution >= 4 is 40.6 Å². The quantitative estimate of drug-likeness (QED) is 0.424. The number of hydrogen-bond acceptors (Lipinski definition) is 7. The summed E-state index contributed by atoms with van der Waals surface area (Å²) in [5.41, 5.74) is -0.228. The van der Waals surface area contributed by atoms with Gasteiger partial charge in [0.05, 0.1) is 29.4 Å². The van der Waals surface area contributed by atoms with Crippen molar-refractivity contribution in [2.24, 2.45) is 0 Å². The highest BCUT2D eigenvalue weighted by atomic mass is 32.1. The molecule has 0 spiro atoms. The van der Waals surface area contributed by atoms with Gasteiger partial charge in [0.15, 0.2) is 5.11 Å². The molecule has 42 heavy (non-hydrogen) atoms. The first-order valence-corrected chi connectivity index (χ1v) is 14.0. The van der Waals surface area contributed by atoms with Gasteiger partial charge in [-0.3, -0.25) is 24.3 Å². The number of amides is 1. The molecule has 0 aliphatic carbocycles. The van der Waals surface area contributed by atoms with Crippen LogP contribution in [0.2, 0.25) is 0 Å². The van der Waals surface area contributed by atoms with Crippen molar-refractivity contribution in [1.29, 1.82) is 5.26 Å². The Morgan fingerprint density at radius 1 is 1.17 bits per heavy atom. The fourth-order valence-corrected chi connectivity index (χ4v) is 5.80. The molecule has 1 amide bonds. The van der Waals surface area contributed by atoms with Crippen LogP contribution in [0.1, 0.15) is 37.5 Å². The van der Waals surface area contributed by atoms with Gasteiger partial charge in [0.2, 0.25) is 0 Å². The van der Waals surface area contributed by atoms with E-state index in [1.807, 2.05) is 24.8 Å². The molecular weight excluding hydrogens is 571 g/mol. The van der Waals surface area contributed by atoms with Crippen LogP contribution in [0.5, 0.6) is 5.75 Å². The molecule has 4 rings (SSSR count). The summed E-state index contributed by atoms with van der Waals surface area (Å²) >= 11 is 5.59. The Morgan fingerprint density at radius 2 is 1.88 bits per heavy atom. The topological polar surface area (TPSA) is 100 Å². The number of anilines is 2. The van der Waals surface area contributed by atoms with Crippen LogP contribution in [0.25, 0.3) is 0 Å². The summed E-state index contributed by atoms with van der Waals surface area (Å²) in [4.78, 5) is 31.1. The van der Waals surface area contributed by atoms with Crippen molar-refractivity contribution in [2.75, 3.05) is 49.1 Å². The van der Waals surface area contributed by atoms with E-state index < -0.39 is 35.2 Å². The number of carbonyl (C=O) groups is 2. The molecule has 0 radical (unpaired) electrons. The van der Waals surface area contributed by atoms with E-state index in [1.54, 1.807) is 30.0 Å². The number of halogens is 3. The molecule has 2 saturated heterocycles. The van der Waals surface area contributed by atoms with Gasteiger partial charge >= 0.3 is 12.1 Å². The summed E-state index contributed by atoms with van der Waals surface area (Å²) in [6.45, 7) is 8.92. The summed E-state index contributed by atoms with van der Waals surface area (Å²) in [6.07, 6.45) is -4.14. The molecule has 0 aromatic heterocycles. The number of alkyl halides is 3. The number of ether oxygens (including phenoxy) is 1. The number of carboxylic acid groups (broad SMARTS) is 1. The second-order valence-corrected chi connectivity index (χ2v) is 10.7. The summed E-state index contributed by atoms with van der Waals surface area (Å²) in [6, 6.07) is 9.44. The molecule has 224 valence electrons. The van der Waals surface area contributed by atoms with Gasteiger partial charge in [-0.1, -0.05) is 6.92 Å². The van der Waals surface area contributed by atoms with Gasteiger partial charge in [-0.25, -0.2) is 0 Å². The Labute approximate surface area is 247 Å². The van der Waals surface area contributed by atoms with Gasteiger partial charge in [0.1, 0.15) is 18.4 Å². The summed E-state index contributed by atoms with van der Waals surface area (Å²) in [7, 11) is 0.